The summed E-state index contributed by atoms with van der Waals surface area (Å²) in [6, 6.07) is 7.79. The Morgan fingerprint density at radius 2 is 1.95 bits per heavy atom. The van der Waals surface area contributed by atoms with Crippen LogP contribution in [0.3, 0.4) is 0 Å². The zero-order chi connectivity index (χ0) is 28.7. The fourth-order valence-corrected chi connectivity index (χ4v) is 4.98. The molecule has 0 saturated carbocycles. The van der Waals surface area contributed by atoms with E-state index in [1.54, 1.807) is 25.7 Å². The third-order valence-corrected chi connectivity index (χ3v) is 6.85. The molecule has 3 aromatic rings. The van der Waals surface area contributed by atoms with Crippen LogP contribution in [-0.2, 0) is 11.3 Å². The number of hydrogen-bond acceptors (Lipinski definition) is 6. The highest BCUT2D eigenvalue weighted by atomic mass is 16.6. The lowest BCUT2D eigenvalue weighted by atomic mass is 10.1. The Morgan fingerprint density at radius 3 is 2.70 bits per heavy atom. The van der Waals surface area contributed by atoms with Gasteiger partial charge < -0.3 is 23.8 Å². The molecule has 1 fully saturated rings. The Kier molecular flexibility index (Phi) is 9.44. The lowest BCUT2D eigenvalue weighted by Crippen LogP contribution is -2.44. The van der Waals surface area contributed by atoms with Crippen LogP contribution in [0.5, 0.6) is 0 Å². The summed E-state index contributed by atoms with van der Waals surface area (Å²) in [6.45, 7) is 8.80. The molecule has 40 heavy (non-hydrogen) atoms. The number of guanidine groups is 1. The summed E-state index contributed by atoms with van der Waals surface area (Å²) in [5.41, 5.74) is 1.19. The van der Waals surface area contributed by atoms with Gasteiger partial charge in [-0.3, -0.25) is 5.32 Å². The van der Waals surface area contributed by atoms with Crippen LogP contribution in [0, 0.1) is 0 Å². The normalized spacial score (nSPS) is 16.1. The average Bonchev–Trinajstić information content (AvgIpc) is 3.63. The van der Waals surface area contributed by atoms with Crippen molar-refractivity contribution in [1.82, 2.24) is 24.9 Å². The number of amides is 2. The number of likely N-dealkylation sites (tertiary alicyclic amines) is 1. The van der Waals surface area contributed by atoms with E-state index in [9.17, 15) is 14.7 Å². The largest absolute Gasteiger partial charge is 0.465 e. The van der Waals surface area contributed by atoms with Crippen LogP contribution in [0.2, 0.25) is 0 Å². The molecule has 2 aromatic heterocycles. The number of hydrogen-bond donors (Lipinski definition) is 2. The van der Waals surface area contributed by atoms with E-state index in [0.29, 0.717) is 24.7 Å². The van der Waals surface area contributed by atoms with Gasteiger partial charge in [-0.05, 0) is 57.6 Å². The van der Waals surface area contributed by atoms with E-state index in [1.807, 2.05) is 6.07 Å². The van der Waals surface area contributed by atoms with E-state index in [-0.39, 0.29) is 5.96 Å². The van der Waals surface area contributed by atoms with E-state index in [4.69, 9.17) is 9.26 Å². The van der Waals surface area contributed by atoms with Crippen LogP contribution in [0.4, 0.5) is 9.59 Å². The molecule has 2 N–H and O–H groups in total. The highest BCUT2D eigenvalue weighted by Gasteiger charge is 2.35. The smallest absolute Gasteiger partial charge is 0.437 e. The first-order valence-electron chi connectivity index (χ1n) is 14.2. The number of rotatable bonds is 9. The summed E-state index contributed by atoms with van der Waals surface area (Å²) in [5, 5.41) is 17.0. The molecular weight excluding hydrogens is 512 g/mol. The number of ether oxygens (including phenoxy) is 1. The predicted octanol–water partition coefficient (Wildman–Crippen LogP) is 6.75. The Morgan fingerprint density at radius 1 is 1.18 bits per heavy atom. The van der Waals surface area contributed by atoms with Crippen LogP contribution < -0.4 is 5.32 Å². The number of unbranched alkanes of at least 4 members (excludes halogenated alkanes) is 5. The molecule has 1 saturated heterocycles. The number of aromatic nitrogens is 3. The van der Waals surface area contributed by atoms with Crippen molar-refractivity contribution in [2.24, 2.45) is 4.99 Å². The Hall–Kier alpha value is -3.89. The van der Waals surface area contributed by atoms with Crippen molar-refractivity contribution >= 4 is 29.0 Å². The minimum Gasteiger partial charge on any atom is -0.465 e. The Balaban J connectivity index is 1.51. The SMILES string of the molecule is CCCCCCCCn1ccc2ccc(-c3noc(C4CCCN4C(=NC(=O)OC(C)(C)C)NC(=O)O)n3)cc21. The minimum atomic E-state index is -1.34. The second-order valence-corrected chi connectivity index (χ2v) is 11.2. The van der Waals surface area contributed by atoms with Crippen LogP contribution in [0.1, 0.15) is 91.0 Å². The van der Waals surface area contributed by atoms with Gasteiger partial charge in [-0.25, -0.2) is 9.59 Å². The van der Waals surface area contributed by atoms with Crippen LogP contribution in [0.25, 0.3) is 22.3 Å². The van der Waals surface area contributed by atoms with Crippen molar-refractivity contribution in [1.29, 1.82) is 0 Å². The fourth-order valence-electron chi connectivity index (χ4n) is 4.98. The average molecular weight is 553 g/mol. The molecule has 0 spiro atoms. The van der Waals surface area contributed by atoms with Gasteiger partial charge in [0.05, 0.1) is 0 Å². The molecule has 11 nitrogen and oxygen atoms in total. The van der Waals surface area contributed by atoms with E-state index >= 15 is 0 Å². The second-order valence-electron chi connectivity index (χ2n) is 11.2. The molecule has 4 rings (SSSR count). The van der Waals surface area contributed by atoms with E-state index < -0.39 is 23.8 Å². The quantitative estimate of drug-likeness (QED) is 0.169. The van der Waals surface area contributed by atoms with Gasteiger partial charge in [0.15, 0.2) is 0 Å². The highest BCUT2D eigenvalue weighted by Crippen LogP contribution is 2.33. The fraction of sp³-hybridized carbons (Fsp3) is 0.552. The predicted molar refractivity (Wildman–Crippen MR) is 152 cm³/mol. The lowest BCUT2D eigenvalue weighted by molar-refractivity contribution is 0.0600. The molecule has 3 heterocycles. The molecule has 2 amide bonds. The van der Waals surface area contributed by atoms with E-state index in [2.05, 4.69) is 56.3 Å². The maximum atomic E-state index is 12.4. The topological polar surface area (TPSA) is 135 Å². The number of carbonyl (C=O) groups is 2. The standard InChI is InChI=1S/C29H40N6O5/c1-5-6-7-8-9-10-16-34-18-15-20-13-14-21(19-23(20)34)24-30-25(40-33-24)22-12-11-17-35(22)26(31-27(36)37)32-28(38)39-29(2,3)4/h13-15,18-19,22H,5-12,16-17H2,1-4H3,(H,36,37)(H,31,32,38). The number of nitrogens with zero attached hydrogens (tertiary/aromatic N) is 5. The molecule has 0 aliphatic carbocycles. The van der Waals surface area contributed by atoms with Crippen molar-refractivity contribution < 1.29 is 24.0 Å². The number of nitrogens with one attached hydrogen (secondary N) is 1. The third kappa shape index (κ3) is 7.61. The van der Waals surface area contributed by atoms with Crippen molar-refractivity contribution in [3.05, 3.63) is 36.4 Å². The van der Waals surface area contributed by atoms with Crippen LogP contribution in [0.15, 0.2) is 40.0 Å². The van der Waals surface area contributed by atoms with Gasteiger partial charge in [-0.2, -0.15) is 4.98 Å². The first-order chi connectivity index (χ1) is 19.1. The van der Waals surface area contributed by atoms with Crippen molar-refractivity contribution in [3.63, 3.8) is 0 Å². The molecule has 1 aliphatic heterocycles. The summed E-state index contributed by atoms with van der Waals surface area (Å²) >= 11 is 0. The molecular formula is C29H40N6O5. The molecule has 1 aromatic carbocycles. The van der Waals surface area contributed by atoms with Gasteiger partial charge >= 0.3 is 12.2 Å². The molecule has 0 radical (unpaired) electrons. The van der Waals surface area contributed by atoms with Gasteiger partial charge in [0.2, 0.25) is 17.7 Å². The van der Waals surface area contributed by atoms with Gasteiger partial charge in [0.1, 0.15) is 11.6 Å². The minimum absolute atomic E-state index is 0.127. The molecule has 1 atom stereocenters. The summed E-state index contributed by atoms with van der Waals surface area (Å²) in [5.74, 6) is 0.657. The van der Waals surface area contributed by atoms with Gasteiger partial charge in [0, 0.05) is 30.4 Å². The summed E-state index contributed by atoms with van der Waals surface area (Å²) < 4.78 is 13.2. The molecule has 0 bridgehead atoms. The molecule has 216 valence electrons. The van der Waals surface area contributed by atoms with Crippen molar-refractivity contribution in [2.75, 3.05) is 6.54 Å². The Labute approximate surface area is 234 Å². The van der Waals surface area contributed by atoms with Gasteiger partial charge in [-0.1, -0.05) is 56.3 Å². The van der Waals surface area contributed by atoms with Crippen LogP contribution in [-0.4, -0.2) is 55.0 Å². The van der Waals surface area contributed by atoms with Crippen molar-refractivity contribution in [3.8, 4) is 11.4 Å². The van der Waals surface area contributed by atoms with E-state index in [0.717, 1.165) is 35.9 Å². The molecule has 1 aliphatic rings. The first-order valence-corrected chi connectivity index (χ1v) is 14.2. The monoisotopic (exact) mass is 552 g/mol. The summed E-state index contributed by atoms with van der Waals surface area (Å²) in [6.07, 6.45) is 8.75. The summed E-state index contributed by atoms with van der Waals surface area (Å²) in [7, 11) is 0. The zero-order valence-corrected chi connectivity index (χ0v) is 23.9. The number of aliphatic imine (C=N–C) groups is 1. The second kappa shape index (κ2) is 13.0. The number of benzene rings is 1. The third-order valence-electron chi connectivity index (χ3n) is 6.85. The lowest BCUT2D eigenvalue weighted by Gasteiger charge is -2.25. The Bertz CT molecular complexity index is 1340. The number of carboxylic acid groups (broad SMARTS) is 1. The van der Waals surface area contributed by atoms with E-state index in [1.165, 1.54) is 32.1 Å². The zero-order valence-electron chi connectivity index (χ0n) is 23.9. The molecule has 11 heteroatoms. The number of fused-ring (bicyclic) bond motifs is 1. The first kappa shape index (κ1) is 29.1. The van der Waals surface area contributed by atoms with Gasteiger partial charge in [0.25, 0.3) is 0 Å². The highest BCUT2D eigenvalue weighted by molar-refractivity contribution is 5.98. The summed E-state index contributed by atoms with van der Waals surface area (Å²) in [4.78, 5) is 34.1. The maximum Gasteiger partial charge on any atom is 0.437 e. The number of carbonyl (C=O) groups excluding carboxylic acids is 1. The van der Waals surface area contributed by atoms with Crippen LogP contribution >= 0.6 is 0 Å². The van der Waals surface area contributed by atoms with Crippen molar-refractivity contribution in [2.45, 2.75) is 97.2 Å². The number of aryl methyl sites for hydroxylation is 1. The maximum absolute atomic E-state index is 12.4. The van der Waals surface area contributed by atoms with Gasteiger partial charge in [-0.15, -0.1) is 4.99 Å². The molecule has 1 unspecified atom stereocenters.